The van der Waals surface area contributed by atoms with E-state index in [-0.39, 0.29) is 5.75 Å². The molecule has 0 amide bonds. The van der Waals surface area contributed by atoms with Crippen molar-refractivity contribution in [3.05, 3.63) is 17.7 Å². The van der Waals surface area contributed by atoms with Crippen molar-refractivity contribution in [2.75, 3.05) is 5.75 Å². The van der Waals surface area contributed by atoms with Gasteiger partial charge in [0.2, 0.25) is 0 Å². The molecule has 0 bridgehead atoms. The van der Waals surface area contributed by atoms with Crippen LogP contribution in [-0.4, -0.2) is 32.0 Å². The number of hydrogen-bond donors (Lipinski definition) is 4. The molecule has 0 aliphatic heterocycles. The van der Waals surface area contributed by atoms with Crippen LogP contribution in [-0.2, 0) is 0 Å². The van der Waals surface area contributed by atoms with Crippen LogP contribution < -0.4 is 0 Å². The summed E-state index contributed by atoms with van der Waals surface area (Å²) in [5, 5.41) is 18.6. The van der Waals surface area contributed by atoms with Crippen LogP contribution in [0, 0.1) is 6.92 Å². The van der Waals surface area contributed by atoms with E-state index in [9.17, 15) is 10.2 Å². The average Bonchev–Trinajstić information content (AvgIpc) is 2.49. The number of aromatic amines is 1. The number of imidazole rings is 1. The van der Waals surface area contributed by atoms with Crippen LogP contribution >= 0.6 is 12.6 Å². The summed E-state index contributed by atoms with van der Waals surface area (Å²) in [4.78, 5) is 6.74. The van der Waals surface area contributed by atoms with Crippen molar-refractivity contribution in [3.63, 3.8) is 0 Å². The topological polar surface area (TPSA) is 69.1 Å². The van der Waals surface area contributed by atoms with Crippen molar-refractivity contribution >= 4 is 12.6 Å². The fraction of sp³-hybridized carbons (Fsp3) is 0.571. The number of nitrogens with zero attached hydrogens (tertiary/aromatic N) is 1. The zero-order valence-electron chi connectivity index (χ0n) is 6.73. The van der Waals surface area contributed by atoms with Gasteiger partial charge in [-0.2, -0.15) is 12.6 Å². The molecule has 0 spiro atoms. The molecular formula is C7H12N2O2S. The Labute approximate surface area is 76.1 Å². The van der Waals surface area contributed by atoms with Gasteiger partial charge in [0.25, 0.3) is 0 Å². The van der Waals surface area contributed by atoms with E-state index in [1.165, 1.54) is 6.20 Å². The number of aliphatic hydroxyl groups excluding tert-OH is 2. The van der Waals surface area contributed by atoms with Gasteiger partial charge in [-0.15, -0.1) is 0 Å². The number of thiol groups is 1. The molecule has 0 saturated carbocycles. The Morgan fingerprint density at radius 3 is 2.75 bits per heavy atom. The Balaban J connectivity index is 2.70. The van der Waals surface area contributed by atoms with Gasteiger partial charge in [-0.05, 0) is 6.92 Å². The summed E-state index contributed by atoms with van der Waals surface area (Å²) in [6.07, 6.45) is -0.274. The molecule has 1 rings (SSSR count). The van der Waals surface area contributed by atoms with E-state index >= 15 is 0 Å². The smallest absolute Gasteiger partial charge is 0.122 e. The Bertz CT molecular complexity index is 251. The first-order valence-corrected chi connectivity index (χ1v) is 4.27. The highest BCUT2D eigenvalue weighted by molar-refractivity contribution is 7.80. The predicted octanol–water partition coefficient (Wildman–Crippen LogP) is 0.0422. The second-order valence-corrected chi connectivity index (χ2v) is 2.98. The number of hydrogen-bond acceptors (Lipinski definition) is 4. The van der Waals surface area contributed by atoms with Gasteiger partial charge < -0.3 is 15.2 Å². The van der Waals surface area contributed by atoms with Gasteiger partial charge in [0.1, 0.15) is 11.9 Å². The van der Waals surface area contributed by atoms with Crippen LogP contribution in [0.15, 0.2) is 6.20 Å². The van der Waals surface area contributed by atoms with E-state index in [0.29, 0.717) is 5.69 Å². The highest BCUT2D eigenvalue weighted by atomic mass is 32.1. The highest BCUT2D eigenvalue weighted by Crippen LogP contribution is 2.14. The van der Waals surface area contributed by atoms with E-state index in [1.807, 2.05) is 0 Å². The third kappa shape index (κ3) is 2.00. The number of H-pyrrole nitrogens is 1. The van der Waals surface area contributed by atoms with Crippen molar-refractivity contribution in [1.82, 2.24) is 9.97 Å². The van der Waals surface area contributed by atoms with Crippen molar-refractivity contribution in [1.29, 1.82) is 0 Å². The third-order valence-corrected chi connectivity index (χ3v) is 1.97. The van der Waals surface area contributed by atoms with Crippen LogP contribution in [0.5, 0.6) is 0 Å². The van der Waals surface area contributed by atoms with Crippen LogP contribution in [0.25, 0.3) is 0 Å². The number of aromatic nitrogens is 2. The van der Waals surface area contributed by atoms with Gasteiger partial charge >= 0.3 is 0 Å². The minimum absolute atomic E-state index is 0.221. The van der Waals surface area contributed by atoms with Gasteiger partial charge in [0, 0.05) is 5.75 Å². The molecule has 0 aliphatic rings. The second-order valence-electron chi connectivity index (χ2n) is 2.62. The molecule has 1 aromatic rings. The Morgan fingerprint density at radius 2 is 2.33 bits per heavy atom. The molecular weight excluding hydrogens is 176 g/mol. The molecule has 1 aromatic heterocycles. The molecule has 0 fully saturated rings. The minimum Gasteiger partial charge on any atom is -0.389 e. The van der Waals surface area contributed by atoms with Crippen LogP contribution in [0.4, 0.5) is 0 Å². The summed E-state index contributed by atoms with van der Waals surface area (Å²) in [6.45, 7) is 1.78. The highest BCUT2D eigenvalue weighted by Gasteiger charge is 2.18. The number of aliphatic hydroxyl groups is 2. The molecule has 0 aliphatic carbocycles. The maximum atomic E-state index is 9.43. The number of aryl methyl sites for hydroxylation is 1. The summed E-state index contributed by atoms with van der Waals surface area (Å²) < 4.78 is 0. The van der Waals surface area contributed by atoms with Crippen LogP contribution in [0.2, 0.25) is 0 Å². The number of nitrogens with one attached hydrogen (secondary N) is 1. The van der Waals surface area contributed by atoms with Crippen molar-refractivity contribution in [3.8, 4) is 0 Å². The minimum atomic E-state index is -0.927. The maximum Gasteiger partial charge on any atom is 0.122 e. The average molecular weight is 188 g/mol. The zero-order valence-corrected chi connectivity index (χ0v) is 7.62. The lowest BCUT2D eigenvalue weighted by molar-refractivity contribution is 0.0312. The van der Waals surface area contributed by atoms with Crippen molar-refractivity contribution < 1.29 is 10.2 Å². The predicted molar refractivity (Wildman–Crippen MR) is 48.1 cm³/mol. The fourth-order valence-corrected chi connectivity index (χ4v) is 1.10. The zero-order chi connectivity index (χ0) is 9.14. The monoisotopic (exact) mass is 188 g/mol. The lowest BCUT2D eigenvalue weighted by Crippen LogP contribution is -2.19. The molecule has 68 valence electrons. The molecule has 2 atom stereocenters. The van der Waals surface area contributed by atoms with Crippen molar-refractivity contribution in [2.45, 2.75) is 19.1 Å². The summed E-state index contributed by atoms with van der Waals surface area (Å²) >= 11 is 3.87. The number of rotatable bonds is 3. The van der Waals surface area contributed by atoms with Gasteiger partial charge in [0.15, 0.2) is 0 Å². The van der Waals surface area contributed by atoms with E-state index < -0.39 is 12.2 Å². The first-order valence-electron chi connectivity index (χ1n) is 3.63. The second kappa shape index (κ2) is 3.93. The summed E-state index contributed by atoms with van der Waals surface area (Å²) in [6, 6.07) is 0. The SMILES string of the molecule is Cc1ncc(C(O)C(O)CS)[nH]1. The Morgan fingerprint density at radius 1 is 1.67 bits per heavy atom. The van der Waals surface area contributed by atoms with E-state index in [0.717, 1.165) is 5.82 Å². The van der Waals surface area contributed by atoms with Crippen LogP contribution in [0.3, 0.4) is 0 Å². The van der Waals surface area contributed by atoms with Crippen LogP contribution in [0.1, 0.15) is 17.6 Å². The first-order chi connectivity index (χ1) is 5.65. The van der Waals surface area contributed by atoms with Gasteiger partial charge in [-0.25, -0.2) is 4.98 Å². The molecule has 0 saturated heterocycles. The normalized spacial score (nSPS) is 16.0. The molecule has 1 heterocycles. The summed E-state index contributed by atoms with van der Waals surface area (Å²) in [7, 11) is 0. The van der Waals surface area contributed by atoms with Crippen molar-refractivity contribution in [2.24, 2.45) is 0 Å². The van der Waals surface area contributed by atoms with Gasteiger partial charge in [-0.3, -0.25) is 0 Å². The maximum absolute atomic E-state index is 9.43. The quantitative estimate of drug-likeness (QED) is 0.506. The van der Waals surface area contributed by atoms with E-state index in [1.54, 1.807) is 6.92 Å². The molecule has 3 N–H and O–H groups in total. The molecule has 5 heteroatoms. The fourth-order valence-electron chi connectivity index (χ4n) is 0.897. The summed E-state index contributed by atoms with van der Waals surface area (Å²) in [5.74, 6) is 0.939. The largest absolute Gasteiger partial charge is 0.389 e. The molecule has 2 unspecified atom stereocenters. The van der Waals surface area contributed by atoms with E-state index in [4.69, 9.17) is 0 Å². The molecule has 0 aromatic carbocycles. The van der Waals surface area contributed by atoms with Gasteiger partial charge in [-0.1, -0.05) is 0 Å². The van der Waals surface area contributed by atoms with E-state index in [2.05, 4.69) is 22.6 Å². The lowest BCUT2D eigenvalue weighted by atomic mass is 10.2. The molecule has 0 radical (unpaired) electrons. The molecule has 4 nitrogen and oxygen atoms in total. The standard InChI is InChI=1S/C7H12N2O2S/c1-4-8-2-5(9-4)7(11)6(10)3-12/h2,6-7,10-12H,3H2,1H3,(H,8,9). The Hall–Kier alpha value is -0.520. The lowest BCUT2D eigenvalue weighted by Gasteiger charge is -2.13. The first kappa shape index (κ1) is 9.57. The third-order valence-electron chi connectivity index (χ3n) is 1.59. The molecule has 12 heavy (non-hydrogen) atoms. The van der Waals surface area contributed by atoms with Gasteiger partial charge in [0.05, 0.1) is 18.0 Å². The summed E-state index contributed by atoms with van der Waals surface area (Å²) in [5.41, 5.74) is 0.522. The Kier molecular flexibility index (Phi) is 3.13.